The normalized spacial score (nSPS) is 16.1. The van der Waals surface area contributed by atoms with Crippen molar-refractivity contribution >= 4 is 11.8 Å². The number of carbonyl (C=O) groups excluding carboxylic acids is 2. The van der Waals surface area contributed by atoms with Gasteiger partial charge in [-0.2, -0.15) is 0 Å². The Labute approximate surface area is 137 Å². The zero-order valence-electron chi connectivity index (χ0n) is 13.9. The molecule has 126 valence electrons. The molecular formula is C18H26N2O3. The molecule has 2 unspecified atom stereocenters. The highest BCUT2D eigenvalue weighted by Crippen LogP contribution is 2.24. The first-order valence-electron chi connectivity index (χ1n) is 8.39. The van der Waals surface area contributed by atoms with E-state index in [0.29, 0.717) is 6.42 Å². The van der Waals surface area contributed by atoms with Gasteiger partial charge in [-0.15, -0.1) is 0 Å². The number of benzene rings is 1. The van der Waals surface area contributed by atoms with Crippen molar-refractivity contribution < 1.29 is 14.7 Å². The number of aliphatic hydroxyl groups is 1. The molecule has 0 heterocycles. The highest BCUT2D eigenvalue weighted by Gasteiger charge is 2.20. The molecule has 1 aromatic rings. The Hall–Kier alpha value is -1.88. The van der Waals surface area contributed by atoms with E-state index in [2.05, 4.69) is 22.8 Å². The number of amides is 2. The van der Waals surface area contributed by atoms with Gasteiger partial charge in [0.15, 0.2) is 0 Å². The summed E-state index contributed by atoms with van der Waals surface area (Å²) in [5.74, 6) is -1.36. The third-order valence-electron chi connectivity index (χ3n) is 4.47. The Morgan fingerprint density at radius 1 is 1.13 bits per heavy atom. The molecule has 0 aliphatic heterocycles. The van der Waals surface area contributed by atoms with Gasteiger partial charge in [0, 0.05) is 0 Å². The quantitative estimate of drug-likeness (QED) is 0.722. The summed E-state index contributed by atoms with van der Waals surface area (Å²) in [6.07, 6.45) is 5.23. The average Bonchev–Trinajstić information content (AvgIpc) is 2.58. The van der Waals surface area contributed by atoms with Crippen molar-refractivity contribution in [1.82, 2.24) is 10.6 Å². The van der Waals surface area contributed by atoms with Crippen LogP contribution >= 0.6 is 0 Å². The number of fused-ring (bicyclic) bond motifs is 1. The van der Waals surface area contributed by atoms with Crippen LogP contribution < -0.4 is 10.6 Å². The molecule has 23 heavy (non-hydrogen) atoms. The van der Waals surface area contributed by atoms with E-state index in [1.54, 1.807) is 0 Å². The van der Waals surface area contributed by atoms with Crippen molar-refractivity contribution in [3.8, 4) is 0 Å². The van der Waals surface area contributed by atoms with Crippen LogP contribution in [0.5, 0.6) is 0 Å². The smallest absolute Gasteiger partial charge is 0.309 e. The van der Waals surface area contributed by atoms with Gasteiger partial charge in [-0.3, -0.25) is 9.59 Å². The summed E-state index contributed by atoms with van der Waals surface area (Å²) in [6, 6.07) is 5.68. The summed E-state index contributed by atoms with van der Waals surface area (Å²) in [7, 11) is 0. The molecule has 1 aliphatic rings. The molecule has 5 nitrogen and oxygen atoms in total. The second-order valence-corrected chi connectivity index (χ2v) is 6.19. The summed E-state index contributed by atoms with van der Waals surface area (Å²) in [5.41, 5.74) is 3.76. The lowest BCUT2D eigenvalue weighted by molar-refractivity contribution is -0.140. The number of rotatable bonds is 5. The standard InChI is InChI=1S/C18H26N2O3/c1-3-16(11-21)20-18(23)17(22)19-12(2)14-9-8-13-6-4-5-7-15(13)10-14/h8-10,12,16,21H,3-7,11H2,1-2H3,(H,19,22)(H,20,23). The highest BCUT2D eigenvalue weighted by atomic mass is 16.3. The molecule has 2 atom stereocenters. The van der Waals surface area contributed by atoms with Crippen molar-refractivity contribution in [1.29, 1.82) is 0 Å². The van der Waals surface area contributed by atoms with E-state index in [9.17, 15) is 9.59 Å². The topological polar surface area (TPSA) is 78.4 Å². The third-order valence-corrected chi connectivity index (χ3v) is 4.47. The Morgan fingerprint density at radius 2 is 1.78 bits per heavy atom. The number of nitrogens with one attached hydrogen (secondary N) is 2. The average molecular weight is 318 g/mol. The van der Waals surface area contributed by atoms with Crippen LogP contribution in [-0.4, -0.2) is 29.6 Å². The monoisotopic (exact) mass is 318 g/mol. The molecule has 3 N–H and O–H groups in total. The number of aryl methyl sites for hydroxylation is 2. The lowest BCUT2D eigenvalue weighted by Gasteiger charge is -2.20. The van der Waals surface area contributed by atoms with E-state index < -0.39 is 11.8 Å². The van der Waals surface area contributed by atoms with Gasteiger partial charge in [0.2, 0.25) is 0 Å². The fourth-order valence-electron chi connectivity index (χ4n) is 2.90. The molecule has 0 spiro atoms. The summed E-state index contributed by atoms with van der Waals surface area (Å²) in [6.45, 7) is 3.55. The lowest BCUT2D eigenvalue weighted by atomic mass is 9.89. The predicted molar refractivity (Wildman–Crippen MR) is 88.9 cm³/mol. The third kappa shape index (κ3) is 4.55. The Balaban J connectivity index is 1.96. The first-order valence-corrected chi connectivity index (χ1v) is 8.39. The van der Waals surface area contributed by atoms with Crippen molar-refractivity contribution in [2.24, 2.45) is 0 Å². The predicted octanol–water partition coefficient (Wildman–Crippen LogP) is 1.63. The SMILES string of the molecule is CCC(CO)NC(=O)C(=O)NC(C)c1ccc2c(c1)CCCC2. The number of hydrogen-bond acceptors (Lipinski definition) is 3. The first-order chi connectivity index (χ1) is 11.0. The maximum absolute atomic E-state index is 12.0. The van der Waals surface area contributed by atoms with Crippen LogP contribution in [0.1, 0.15) is 55.8 Å². The van der Waals surface area contributed by atoms with Gasteiger partial charge in [-0.1, -0.05) is 25.1 Å². The zero-order chi connectivity index (χ0) is 16.8. The second kappa shape index (κ2) is 8.11. The van der Waals surface area contributed by atoms with Gasteiger partial charge >= 0.3 is 11.8 Å². The van der Waals surface area contributed by atoms with E-state index in [1.165, 1.54) is 24.0 Å². The van der Waals surface area contributed by atoms with Crippen molar-refractivity contribution in [3.05, 3.63) is 34.9 Å². The Bertz CT molecular complexity index is 567. The van der Waals surface area contributed by atoms with Crippen LogP contribution in [0.2, 0.25) is 0 Å². The van der Waals surface area contributed by atoms with E-state index >= 15 is 0 Å². The molecule has 0 aromatic heterocycles. The van der Waals surface area contributed by atoms with Crippen molar-refractivity contribution in [2.75, 3.05) is 6.61 Å². The van der Waals surface area contributed by atoms with E-state index in [-0.39, 0.29) is 18.7 Å². The van der Waals surface area contributed by atoms with Gasteiger partial charge in [0.25, 0.3) is 0 Å². The maximum Gasteiger partial charge on any atom is 0.309 e. The minimum atomic E-state index is -0.698. The van der Waals surface area contributed by atoms with Gasteiger partial charge in [-0.25, -0.2) is 0 Å². The molecule has 5 heteroatoms. The minimum Gasteiger partial charge on any atom is -0.394 e. The van der Waals surface area contributed by atoms with Gasteiger partial charge < -0.3 is 15.7 Å². The number of aliphatic hydroxyl groups excluding tert-OH is 1. The van der Waals surface area contributed by atoms with E-state index in [4.69, 9.17) is 5.11 Å². The minimum absolute atomic E-state index is 0.171. The van der Waals surface area contributed by atoms with Gasteiger partial charge in [0.05, 0.1) is 18.7 Å². The molecule has 1 aromatic carbocycles. The molecule has 2 rings (SSSR count). The summed E-state index contributed by atoms with van der Waals surface area (Å²) < 4.78 is 0. The van der Waals surface area contributed by atoms with Crippen molar-refractivity contribution in [3.63, 3.8) is 0 Å². The largest absolute Gasteiger partial charge is 0.394 e. The van der Waals surface area contributed by atoms with Crippen LogP contribution in [0, 0.1) is 0 Å². The molecule has 0 fully saturated rings. The molecule has 0 saturated heterocycles. The second-order valence-electron chi connectivity index (χ2n) is 6.19. The molecular weight excluding hydrogens is 292 g/mol. The van der Waals surface area contributed by atoms with Crippen LogP contribution in [0.4, 0.5) is 0 Å². The number of hydrogen-bond donors (Lipinski definition) is 3. The molecule has 1 aliphatic carbocycles. The summed E-state index contributed by atoms with van der Waals surface area (Å²) in [4.78, 5) is 23.8. The maximum atomic E-state index is 12.0. The van der Waals surface area contributed by atoms with E-state index in [1.807, 2.05) is 19.9 Å². The lowest BCUT2D eigenvalue weighted by Crippen LogP contribution is -2.46. The summed E-state index contributed by atoms with van der Waals surface area (Å²) in [5, 5.41) is 14.3. The fraction of sp³-hybridized carbons (Fsp3) is 0.556. The van der Waals surface area contributed by atoms with Gasteiger partial charge in [-0.05, 0) is 55.7 Å². The molecule has 2 amide bonds. The van der Waals surface area contributed by atoms with Crippen LogP contribution in [0.25, 0.3) is 0 Å². The molecule has 0 saturated carbocycles. The van der Waals surface area contributed by atoms with Crippen LogP contribution in [-0.2, 0) is 22.4 Å². The fourth-order valence-corrected chi connectivity index (χ4v) is 2.90. The van der Waals surface area contributed by atoms with Crippen molar-refractivity contribution in [2.45, 2.75) is 58.0 Å². The number of carbonyl (C=O) groups is 2. The Kier molecular flexibility index (Phi) is 6.16. The van der Waals surface area contributed by atoms with Gasteiger partial charge in [0.1, 0.15) is 0 Å². The van der Waals surface area contributed by atoms with Crippen LogP contribution in [0.3, 0.4) is 0 Å². The van der Waals surface area contributed by atoms with Crippen LogP contribution in [0.15, 0.2) is 18.2 Å². The first kappa shape index (κ1) is 17.5. The molecule has 0 bridgehead atoms. The summed E-state index contributed by atoms with van der Waals surface area (Å²) >= 11 is 0. The molecule has 0 radical (unpaired) electrons. The van der Waals surface area contributed by atoms with E-state index in [0.717, 1.165) is 18.4 Å². The highest BCUT2D eigenvalue weighted by molar-refractivity contribution is 6.35. The zero-order valence-corrected chi connectivity index (χ0v) is 13.9. The Morgan fingerprint density at radius 3 is 2.43 bits per heavy atom.